The molecule has 0 fully saturated rings. The van der Waals surface area contributed by atoms with Crippen molar-refractivity contribution in [2.24, 2.45) is 0 Å². The van der Waals surface area contributed by atoms with E-state index < -0.39 is 6.10 Å². The second-order valence-corrected chi connectivity index (χ2v) is 6.10. The Kier molecular flexibility index (Phi) is 4.10. The van der Waals surface area contributed by atoms with Crippen LogP contribution in [0, 0.1) is 0 Å². The standard InChI is InChI=1S/C17H20N6O/c24-15(12-22-9-4-8-18-22)11-21-10-7-17-16(13-21)19-20-23(17)14-5-2-1-3-6-14/h1-6,8-9,15,24H,7,10-13H2. The monoisotopic (exact) mass is 324 g/mol. The van der Waals surface area contributed by atoms with Gasteiger partial charge in [-0.05, 0) is 18.2 Å². The van der Waals surface area contributed by atoms with Gasteiger partial charge >= 0.3 is 0 Å². The van der Waals surface area contributed by atoms with Gasteiger partial charge in [0.1, 0.15) is 5.69 Å². The van der Waals surface area contributed by atoms with Crippen molar-refractivity contribution in [1.29, 1.82) is 0 Å². The molecule has 0 amide bonds. The maximum Gasteiger partial charge on any atom is 0.100 e. The average molecular weight is 324 g/mol. The van der Waals surface area contributed by atoms with Crippen molar-refractivity contribution in [3.8, 4) is 5.69 Å². The fraction of sp³-hybridized carbons (Fsp3) is 0.353. The molecular weight excluding hydrogens is 304 g/mol. The molecule has 0 saturated carbocycles. The van der Waals surface area contributed by atoms with Gasteiger partial charge in [0.25, 0.3) is 0 Å². The van der Waals surface area contributed by atoms with E-state index in [2.05, 4.69) is 20.3 Å². The van der Waals surface area contributed by atoms with E-state index in [4.69, 9.17) is 0 Å². The summed E-state index contributed by atoms with van der Waals surface area (Å²) in [5.74, 6) is 0. The number of rotatable bonds is 5. The molecule has 0 radical (unpaired) electrons. The lowest BCUT2D eigenvalue weighted by atomic mass is 10.1. The molecule has 3 heterocycles. The molecule has 1 unspecified atom stereocenters. The third kappa shape index (κ3) is 3.08. The minimum atomic E-state index is -0.449. The van der Waals surface area contributed by atoms with Crippen molar-refractivity contribution >= 4 is 0 Å². The molecule has 0 aliphatic carbocycles. The number of hydrogen-bond donors (Lipinski definition) is 1. The molecule has 0 saturated heterocycles. The van der Waals surface area contributed by atoms with Crippen LogP contribution in [0.3, 0.4) is 0 Å². The van der Waals surface area contributed by atoms with Crippen LogP contribution in [0.15, 0.2) is 48.8 Å². The molecule has 1 aliphatic rings. The predicted octanol–water partition coefficient (Wildman–Crippen LogP) is 0.883. The topological polar surface area (TPSA) is 72.0 Å². The van der Waals surface area contributed by atoms with Crippen LogP contribution in [0.1, 0.15) is 11.4 Å². The first-order valence-corrected chi connectivity index (χ1v) is 8.16. The molecule has 0 spiro atoms. The Balaban J connectivity index is 1.42. The lowest BCUT2D eigenvalue weighted by Crippen LogP contribution is -2.38. The first kappa shape index (κ1) is 15.0. The Morgan fingerprint density at radius 1 is 1.12 bits per heavy atom. The van der Waals surface area contributed by atoms with Crippen molar-refractivity contribution in [3.05, 3.63) is 60.2 Å². The highest BCUT2D eigenvalue weighted by Gasteiger charge is 2.24. The zero-order valence-corrected chi connectivity index (χ0v) is 13.4. The Bertz CT molecular complexity index is 783. The molecular formula is C17H20N6O. The summed E-state index contributed by atoms with van der Waals surface area (Å²) in [6.07, 6.45) is 4.02. The van der Waals surface area contributed by atoms with Crippen molar-refractivity contribution in [1.82, 2.24) is 29.7 Å². The lowest BCUT2D eigenvalue weighted by Gasteiger charge is -2.28. The van der Waals surface area contributed by atoms with E-state index in [0.29, 0.717) is 13.1 Å². The summed E-state index contributed by atoms with van der Waals surface area (Å²) in [4.78, 5) is 2.22. The van der Waals surface area contributed by atoms with E-state index in [0.717, 1.165) is 30.9 Å². The molecule has 2 aromatic heterocycles. The van der Waals surface area contributed by atoms with E-state index in [9.17, 15) is 5.11 Å². The smallest absolute Gasteiger partial charge is 0.100 e. The number of benzene rings is 1. The molecule has 1 aliphatic heterocycles. The highest BCUT2D eigenvalue weighted by molar-refractivity contribution is 5.33. The van der Waals surface area contributed by atoms with Crippen LogP contribution >= 0.6 is 0 Å². The van der Waals surface area contributed by atoms with Crippen molar-refractivity contribution in [3.63, 3.8) is 0 Å². The number of hydrogen-bond acceptors (Lipinski definition) is 5. The van der Waals surface area contributed by atoms with E-state index in [1.165, 1.54) is 5.69 Å². The van der Waals surface area contributed by atoms with Gasteiger partial charge in [-0.2, -0.15) is 5.10 Å². The fourth-order valence-corrected chi connectivity index (χ4v) is 3.17. The highest BCUT2D eigenvalue weighted by Crippen LogP contribution is 2.20. The van der Waals surface area contributed by atoms with Crippen LogP contribution in [-0.2, 0) is 19.5 Å². The Morgan fingerprint density at radius 2 is 2.00 bits per heavy atom. The van der Waals surface area contributed by atoms with Crippen LogP contribution in [-0.4, -0.2) is 54.0 Å². The summed E-state index contributed by atoms with van der Waals surface area (Å²) < 4.78 is 3.68. The Morgan fingerprint density at radius 3 is 2.79 bits per heavy atom. The van der Waals surface area contributed by atoms with E-state index in [-0.39, 0.29) is 0 Å². The van der Waals surface area contributed by atoms with Crippen molar-refractivity contribution in [2.75, 3.05) is 13.1 Å². The van der Waals surface area contributed by atoms with Gasteiger partial charge in [0.2, 0.25) is 0 Å². The zero-order chi connectivity index (χ0) is 16.4. The summed E-state index contributed by atoms with van der Waals surface area (Å²) in [6, 6.07) is 11.9. The minimum Gasteiger partial charge on any atom is -0.390 e. The van der Waals surface area contributed by atoms with Gasteiger partial charge < -0.3 is 5.11 Å². The molecule has 1 aromatic carbocycles. The van der Waals surface area contributed by atoms with Crippen LogP contribution in [0.2, 0.25) is 0 Å². The number of aromatic nitrogens is 5. The molecule has 4 rings (SSSR count). The second-order valence-electron chi connectivity index (χ2n) is 6.10. The first-order chi connectivity index (χ1) is 11.8. The number of para-hydroxylation sites is 1. The summed E-state index contributed by atoms with van der Waals surface area (Å²) >= 11 is 0. The molecule has 7 nitrogen and oxygen atoms in total. The maximum atomic E-state index is 10.3. The van der Waals surface area contributed by atoms with E-state index in [1.54, 1.807) is 10.9 Å². The third-order valence-corrected chi connectivity index (χ3v) is 4.31. The van der Waals surface area contributed by atoms with Crippen LogP contribution in [0.25, 0.3) is 5.69 Å². The van der Waals surface area contributed by atoms with Crippen molar-refractivity contribution < 1.29 is 5.11 Å². The summed E-state index contributed by atoms with van der Waals surface area (Å²) in [6.45, 7) is 2.73. The number of aliphatic hydroxyl groups excluding tert-OH is 1. The molecule has 1 N–H and O–H groups in total. The highest BCUT2D eigenvalue weighted by atomic mass is 16.3. The maximum absolute atomic E-state index is 10.3. The van der Waals surface area contributed by atoms with E-state index >= 15 is 0 Å². The number of β-amino-alcohol motifs (C(OH)–C–C–N with tert-alkyl or cyclic N) is 1. The molecule has 3 aromatic rings. The van der Waals surface area contributed by atoms with Gasteiger partial charge in [-0.15, -0.1) is 5.10 Å². The number of nitrogens with zero attached hydrogens (tertiary/aromatic N) is 6. The fourth-order valence-electron chi connectivity index (χ4n) is 3.17. The van der Waals surface area contributed by atoms with E-state index in [1.807, 2.05) is 47.3 Å². The SMILES string of the molecule is OC(CN1CCc2c(nnn2-c2ccccc2)C1)Cn1cccn1. The Labute approximate surface area is 140 Å². The number of fused-ring (bicyclic) bond motifs is 1. The first-order valence-electron chi connectivity index (χ1n) is 8.16. The third-order valence-electron chi connectivity index (χ3n) is 4.31. The molecule has 1 atom stereocenters. The largest absolute Gasteiger partial charge is 0.390 e. The summed E-state index contributed by atoms with van der Waals surface area (Å²) in [5, 5.41) is 23.0. The van der Waals surface area contributed by atoms with Gasteiger partial charge in [0, 0.05) is 38.4 Å². The molecule has 124 valence electrons. The lowest BCUT2D eigenvalue weighted by molar-refractivity contribution is 0.0879. The van der Waals surface area contributed by atoms with Gasteiger partial charge in [-0.25, -0.2) is 4.68 Å². The molecule has 24 heavy (non-hydrogen) atoms. The van der Waals surface area contributed by atoms with Crippen molar-refractivity contribution in [2.45, 2.75) is 25.6 Å². The molecule has 0 bridgehead atoms. The molecule has 7 heteroatoms. The average Bonchev–Trinajstić information content (AvgIpc) is 3.24. The zero-order valence-electron chi connectivity index (χ0n) is 13.4. The quantitative estimate of drug-likeness (QED) is 0.754. The normalized spacial score (nSPS) is 16.0. The minimum absolute atomic E-state index is 0.449. The summed E-state index contributed by atoms with van der Waals surface area (Å²) in [5.41, 5.74) is 3.20. The van der Waals surface area contributed by atoms with Gasteiger partial charge in [-0.1, -0.05) is 23.4 Å². The Hall–Kier alpha value is -2.51. The second kappa shape index (κ2) is 6.54. The van der Waals surface area contributed by atoms with Gasteiger partial charge in [0.05, 0.1) is 24.0 Å². The van der Waals surface area contributed by atoms with Crippen LogP contribution < -0.4 is 0 Å². The predicted molar refractivity (Wildman–Crippen MR) is 88.6 cm³/mol. The van der Waals surface area contributed by atoms with Crippen LogP contribution in [0.5, 0.6) is 0 Å². The summed E-state index contributed by atoms with van der Waals surface area (Å²) in [7, 11) is 0. The van der Waals surface area contributed by atoms with Gasteiger partial charge in [0.15, 0.2) is 0 Å². The number of aliphatic hydroxyl groups is 1. The van der Waals surface area contributed by atoms with Crippen LogP contribution in [0.4, 0.5) is 0 Å². The van der Waals surface area contributed by atoms with Gasteiger partial charge in [-0.3, -0.25) is 9.58 Å².